The SMILES string of the molecule is Cc1nc(COC(=O)N[C@@H](CS(C)(=O)=O)C(=O)N[C@H](CC(C)C)[C@@H](O)C[C@@H](C)C(=O)N[C@@H](C(=O)OCc2ccccc2)C(C)C)c(C)o1. The molecular weight excluding hydrogens is 644 g/mol. The van der Waals surface area contributed by atoms with E-state index in [4.69, 9.17) is 13.9 Å². The lowest BCUT2D eigenvalue weighted by Crippen LogP contribution is -2.55. The standard InChI is InChI=1S/C33H50N4O10S/c1-19(2)14-25(35-31(40)27(18-48(8,43)44)36-33(42)46-17-26-22(6)47-23(7)34-26)28(38)15-21(5)30(39)37-29(20(3)4)32(41)45-16-24-12-10-9-11-13-24/h9-13,19-21,25,27-29,38H,14-18H2,1-8H3,(H,35,40)(H,36,42)(H,37,39)/t21-,25-,27+,28+,29-/m1/s1. The van der Waals surface area contributed by atoms with Gasteiger partial charge in [-0.3, -0.25) is 9.59 Å². The maximum Gasteiger partial charge on any atom is 0.408 e. The van der Waals surface area contributed by atoms with Gasteiger partial charge in [-0.05, 0) is 37.2 Å². The Morgan fingerprint density at radius 3 is 2.08 bits per heavy atom. The van der Waals surface area contributed by atoms with Crippen LogP contribution in [0.4, 0.5) is 4.79 Å². The van der Waals surface area contributed by atoms with Gasteiger partial charge >= 0.3 is 12.1 Å². The summed E-state index contributed by atoms with van der Waals surface area (Å²) in [7, 11) is -3.75. The number of aryl methyl sites for hydroxylation is 2. The number of amides is 3. The number of oxazole rings is 1. The maximum absolute atomic E-state index is 13.3. The summed E-state index contributed by atoms with van der Waals surface area (Å²) in [6.45, 7) is 11.9. The number of esters is 1. The molecule has 0 radical (unpaired) electrons. The van der Waals surface area contributed by atoms with Gasteiger partial charge in [0.05, 0.1) is 17.9 Å². The van der Waals surface area contributed by atoms with Crippen molar-refractivity contribution in [3.05, 3.63) is 53.2 Å². The zero-order chi connectivity index (χ0) is 36.2. The van der Waals surface area contributed by atoms with Crippen molar-refractivity contribution in [1.29, 1.82) is 0 Å². The first-order valence-electron chi connectivity index (χ1n) is 15.9. The van der Waals surface area contributed by atoms with Gasteiger partial charge in [-0.2, -0.15) is 0 Å². The number of aliphatic hydroxyl groups is 1. The number of carbonyl (C=O) groups excluding carboxylic acids is 4. The van der Waals surface area contributed by atoms with Crippen LogP contribution in [0.5, 0.6) is 0 Å². The van der Waals surface area contributed by atoms with E-state index in [9.17, 15) is 32.7 Å². The molecule has 0 aliphatic heterocycles. The van der Waals surface area contributed by atoms with Gasteiger partial charge in [0.25, 0.3) is 0 Å². The third-order valence-electron chi connectivity index (χ3n) is 7.42. The third-order valence-corrected chi connectivity index (χ3v) is 8.36. The Morgan fingerprint density at radius 1 is 0.896 bits per heavy atom. The van der Waals surface area contributed by atoms with Crippen LogP contribution in [0, 0.1) is 31.6 Å². The van der Waals surface area contributed by atoms with E-state index in [-0.39, 0.29) is 37.9 Å². The Bertz CT molecular complexity index is 1480. The Hall–Kier alpha value is -3.98. The predicted molar refractivity (Wildman–Crippen MR) is 177 cm³/mol. The Kier molecular flexibility index (Phi) is 15.5. The lowest BCUT2D eigenvalue weighted by molar-refractivity contribution is -0.151. The highest BCUT2D eigenvalue weighted by Gasteiger charge is 2.33. The van der Waals surface area contributed by atoms with E-state index < -0.39 is 69.6 Å². The number of ether oxygens (including phenoxy) is 2. The molecule has 48 heavy (non-hydrogen) atoms. The fourth-order valence-electron chi connectivity index (χ4n) is 4.86. The number of benzene rings is 1. The maximum atomic E-state index is 13.3. The molecule has 0 fully saturated rings. The fraction of sp³-hybridized carbons (Fsp3) is 0.606. The van der Waals surface area contributed by atoms with Crippen LogP contribution in [-0.2, 0) is 46.9 Å². The monoisotopic (exact) mass is 694 g/mol. The topological polar surface area (TPSA) is 203 Å². The number of aliphatic hydroxyl groups excluding tert-OH is 1. The molecule has 0 saturated heterocycles. The molecule has 4 N–H and O–H groups in total. The number of hydrogen-bond donors (Lipinski definition) is 4. The molecule has 5 atom stereocenters. The minimum absolute atomic E-state index is 0.0146. The van der Waals surface area contributed by atoms with E-state index in [0.29, 0.717) is 17.3 Å². The van der Waals surface area contributed by atoms with Crippen molar-refractivity contribution in [3.8, 4) is 0 Å². The number of nitrogens with one attached hydrogen (secondary N) is 3. The molecule has 15 heteroatoms. The van der Waals surface area contributed by atoms with Gasteiger partial charge in [-0.25, -0.2) is 23.0 Å². The molecule has 268 valence electrons. The van der Waals surface area contributed by atoms with E-state index >= 15 is 0 Å². The smallest absolute Gasteiger partial charge is 0.408 e. The van der Waals surface area contributed by atoms with Crippen molar-refractivity contribution < 1.29 is 46.6 Å². The van der Waals surface area contributed by atoms with Crippen LogP contribution in [0.3, 0.4) is 0 Å². The summed E-state index contributed by atoms with van der Waals surface area (Å²) in [6, 6.07) is 5.78. The van der Waals surface area contributed by atoms with E-state index in [2.05, 4.69) is 20.9 Å². The Morgan fingerprint density at radius 2 is 1.54 bits per heavy atom. The van der Waals surface area contributed by atoms with E-state index in [1.165, 1.54) is 0 Å². The average molecular weight is 695 g/mol. The molecule has 0 unspecified atom stereocenters. The second-order valence-corrected chi connectivity index (χ2v) is 15.1. The van der Waals surface area contributed by atoms with Crippen molar-refractivity contribution in [3.63, 3.8) is 0 Å². The molecule has 14 nitrogen and oxygen atoms in total. The minimum atomic E-state index is -3.75. The van der Waals surface area contributed by atoms with Crippen LogP contribution >= 0.6 is 0 Å². The molecule has 1 heterocycles. The summed E-state index contributed by atoms with van der Waals surface area (Å²) in [4.78, 5) is 56.0. The van der Waals surface area contributed by atoms with Gasteiger partial charge in [-0.15, -0.1) is 0 Å². The molecule has 2 rings (SSSR count). The van der Waals surface area contributed by atoms with Gasteiger partial charge in [0, 0.05) is 19.1 Å². The van der Waals surface area contributed by atoms with E-state index in [1.54, 1.807) is 34.6 Å². The normalized spacial score (nSPS) is 14.8. The summed E-state index contributed by atoms with van der Waals surface area (Å²) in [5.74, 6) is -2.91. The number of sulfone groups is 1. The number of aromatic nitrogens is 1. The summed E-state index contributed by atoms with van der Waals surface area (Å²) in [5.41, 5.74) is 1.17. The van der Waals surface area contributed by atoms with Gasteiger partial charge in [0.1, 0.15) is 46.6 Å². The molecule has 0 bridgehead atoms. The van der Waals surface area contributed by atoms with Crippen molar-refractivity contribution in [2.75, 3.05) is 12.0 Å². The lowest BCUT2D eigenvalue weighted by atomic mass is 9.92. The first-order chi connectivity index (χ1) is 22.4. The molecule has 3 amide bonds. The van der Waals surface area contributed by atoms with Crippen LogP contribution < -0.4 is 16.0 Å². The minimum Gasteiger partial charge on any atom is -0.459 e. The highest BCUT2D eigenvalue weighted by atomic mass is 32.2. The second kappa shape index (κ2) is 18.5. The summed E-state index contributed by atoms with van der Waals surface area (Å²) < 4.78 is 40.2. The van der Waals surface area contributed by atoms with Crippen LogP contribution in [0.15, 0.2) is 34.7 Å². The number of hydrogen-bond acceptors (Lipinski definition) is 11. The molecule has 1 aromatic heterocycles. The first kappa shape index (κ1) is 40.2. The number of carbonyl (C=O) groups is 4. The van der Waals surface area contributed by atoms with E-state index in [1.807, 2.05) is 44.2 Å². The van der Waals surface area contributed by atoms with Crippen LogP contribution in [0.2, 0.25) is 0 Å². The third kappa shape index (κ3) is 14.0. The molecule has 2 aromatic rings. The zero-order valence-corrected chi connectivity index (χ0v) is 29.8. The van der Waals surface area contributed by atoms with Crippen LogP contribution in [0.1, 0.15) is 70.4 Å². The molecular formula is C33H50N4O10S. The molecule has 0 aliphatic carbocycles. The number of alkyl carbamates (subject to hydrolysis) is 1. The van der Waals surface area contributed by atoms with Gasteiger partial charge in [0.15, 0.2) is 5.89 Å². The van der Waals surface area contributed by atoms with Gasteiger partial charge in [0.2, 0.25) is 11.8 Å². The quantitative estimate of drug-likeness (QED) is 0.167. The Balaban J connectivity index is 2.07. The summed E-state index contributed by atoms with van der Waals surface area (Å²) >= 11 is 0. The van der Waals surface area contributed by atoms with Gasteiger partial charge in [-0.1, -0.05) is 65.0 Å². The highest BCUT2D eigenvalue weighted by Crippen LogP contribution is 2.17. The molecule has 0 spiro atoms. The Labute approximate surface area is 282 Å². The molecule has 0 aliphatic rings. The fourth-order valence-corrected chi connectivity index (χ4v) is 5.70. The molecule has 0 saturated carbocycles. The largest absolute Gasteiger partial charge is 0.459 e. The van der Waals surface area contributed by atoms with Gasteiger partial charge < -0.3 is 34.9 Å². The molecule has 1 aromatic carbocycles. The van der Waals surface area contributed by atoms with Crippen molar-refractivity contribution >= 4 is 33.7 Å². The summed E-state index contributed by atoms with van der Waals surface area (Å²) in [5, 5.41) is 18.9. The number of nitrogens with zero attached hydrogens (tertiary/aromatic N) is 1. The first-order valence-corrected chi connectivity index (χ1v) is 18.0. The van der Waals surface area contributed by atoms with E-state index in [0.717, 1.165) is 11.8 Å². The average Bonchev–Trinajstić information content (AvgIpc) is 3.32. The second-order valence-electron chi connectivity index (χ2n) is 12.9. The van der Waals surface area contributed by atoms with Crippen LogP contribution in [0.25, 0.3) is 0 Å². The lowest BCUT2D eigenvalue weighted by Gasteiger charge is -2.29. The predicted octanol–water partition coefficient (Wildman–Crippen LogP) is 2.73. The highest BCUT2D eigenvalue weighted by molar-refractivity contribution is 7.90. The van der Waals surface area contributed by atoms with Crippen LogP contribution in [-0.4, -0.2) is 78.6 Å². The summed E-state index contributed by atoms with van der Waals surface area (Å²) in [6.07, 6.45) is -1.17. The van der Waals surface area contributed by atoms with Crippen molar-refractivity contribution in [2.45, 2.75) is 98.8 Å². The number of rotatable bonds is 18. The van der Waals surface area contributed by atoms with Crippen molar-refractivity contribution in [2.24, 2.45) is 17.8 Å². The van der Waals surface area contributed by atoms with Crippen molar-refractivity contribution in [1.82, 2.24) is 20.9 Å². The zero-order valence-electron chi connectivity index (χ0n) is 28.9.